The number of aldehydes is 1. The Balaban J connectivity index is 2.12. The molecule has 0 aromatic heterocycles. The molecule has 0 N–H and O–H groups in total. The predicted molar refractivity (Wildman–Crippen MR) is 38.4 cm³/mol. The van der Waals surface area contributed by atoms with Gasteiger partial charge in [-0.3, -0.25) is 0 Å². The average molecular weight is 140 g/mol. The SMILES string of the molecule is CO/C=C/C1CC1CC=O. The van der Waals surface area contributed by atoms with Gasteiger partial charge in [0.25, 0.3) is 0 Å². The lowest BCUT2D eigenvalue weighted by atomic mass is 10.2. The van der Waals surface area contributed by atoms with Crippen molar-refractivity contribution < 1.29 is 9.53 Å². The number of methoxy groups -OCH3 is 1. The summed E-state index contributed by atoms with van der Waals surface area (Å²) in [4.78, 5) is 10.0. The van der Waals surface area contributed by atoms with Crippen molar-refractivity contribution in [3.05, 3.63) is 12.3 Å². The zero-order chi connectivity index (χ0) is 7.40. The van der Waals surface area contributed by atoms with Crippen LogP contribution in [0.2, 0.25) is 0 Å². The number of carbonyl (C=O) groups is 1. The fraction of sp³-hybridized carbons (Fsp3) is 0.625. The number of hydrogen-bond donors (Lipinski definition) is 0. The Kier molecular flexibility index (Phi) is 2.49. The molecule has 1 aliphatic carbocycles. The Morgan fingerprint density at radius 1 is 1.70 bits per heavy atom. The molecule has 0 heterocycles. The fourth-order valence-corrected chi connectivity index (χ4v) is 1.08. The van der Waals surface area contributed by atoms with E-state index in [4.69, 9.17) is 4.74 Å². The second-order valence-electron chi connectivity index (χ2n) is 2.63. The molecule has 1 fully saturated rings. The normalized spacial score (nSPS) is 30.5. The summed E-state index contributed by atoms with van der Waals surface area (Å²) in [6.07, 6.45) is 6.56. The molecular formula is C8H12O2. The molecule has 2 nitrogen and oxygen atoms in total. The van der Waals surface area contributed by atoms with Gasteiger partial charge in [-0.15, -0.1) is 0 Å². The van der Waals surface area contributed by atoms with Crippen LogP contribution in [0.3, 0.4) is 0 Å². The topological polar surface area (TPSA) is 26.3 Å². The van der Waals surface area contributed by atoms with Crippen molar-refractivity contribution in [3.8, 4) is 0 Å². The molecule has 0 amide bonds. The maximum absolute atomic E-state index is 10.0. The second-order valence-corrected chi connectivity index (χ2v) is 2.63. The summed E-state index contributed by atoms with van der Waals surface area (Å²) >= 11 is 0. The molecule has 2 heteroatoms. The van der Waals surface area contributed by atoms with Gasteiger partial charge >= 0.3 is 0 Å². The minimum absolute atomic E-state index is 0.601. The lowest BCUT2D eigenvalue weighted by Crippen LogP contribution is -1.80. The highest BCUT2D eigenvalue weighted by Gasteiger charge is 2.33. The van der Waals surface area contributed by atoms with Crippen LogP contribution in [0.4, 0.5) is 0 Å². The molecule has 0 saturated heterocycles. The lowest BCUT2D eigenvalue weighted by molar-refractivity contribution is -0.108. The third-order valence-electron chi connectivity index (χ3n) is 1.84. The molecule has 1 aliphatic rings. The zero-order valence-corrected chi connectivity index (χ0v) is 6.12. The van der Waals surface area contributed by atoms with Crippen molar-refractivity contribution >= 4 is 6.29 Å². The molecule has 0 aliphatic heterocycles. The van der Waals surface area contributed by atoms with Crippen LogP contribution in [0.15, 0.2) is 12.3 Å². The van der Waals surface area contributed by atoms with Gasteiger partial charge in [0, 0.05) is 6.42 Å². The summed E-state index contributed by atoms with van der Waals surface area (Å²) in [5.74, 6) is 1.20. The Hall–Kier alpha value is -0.790. The van der Waals surface area contributed by atoms with Gasteiger partial charge in [-0.05, 0) is 24.3 Å². The molecule has 56 valence electrons. The molecule has 0 bridgehead atoms. The third-order valence-corrected chi connectivity index (χ3v) is 1.84. The van der Waals surface area contributed by atoms with E-state index in [2.05, 4.69) is 0 Å². The van der Waals surface area contributed by atoms with E-state index in [1.165, 1.54) is 0 Å². The Labute approximate surface area is 60.9 Å². The van der Waals surface area contributed by atoms with Gasteiger partial charge in [-0.2, -0.15) is 0 Å². The molecule has 2 unspecified atom stereocenters. The van der Waals surface area contributed by atoms with Gasteiger partial charge in [-0.25, -0.2) is 0 Å². The first-order chi connectivity index (χ1) is 4.88. The van der Waals surface area contributed by atoms with Crippen molar-refractivity contribution in [3.63, 3.8) is 0 Å². The quantitative estimate of drug-likeness (QED) is 0.435. The maximum atomic E-state index is 10.0. The van der Waals surface area contributed by atoms with Crippen LogP contribution in [0.5, 0.6) is 0 Å². The summed E-state index contributed by atoms with van der Waals surface area (Å²) < 4.78 is 4.75. The van der Waals surface area contributed by atoms with E-state index >= 15 is 0 Å². The molecule has 0 spiro atoms. The van der Waals surface area contributed by atoms with E-state index in [1.54, 1.807) is 13.4 Å². The molecule has 2 atom stereocenters. The smallest absolute Gasteiger partial charge is 0.120 e. The number of allylic oxidation sites excluding steroid dienone is 1. The number of carbonyl (C=O) groups excluding carboxylic acids is 1. The minimum Gasteiger partial charge on any atom is -0.505 e. The van der Waals surface area contributed by atoms with Crippen LogP contribution in [-0.2, 0) is 9.53 Å². The van der Waals surface area contributed by atoms with Crippen LogP contribution >= 0.6 is 0 Å². The molecule has 1 saturated carbocycles. The Bertz CT molecular complexity index is 140. The molecule has 10 heavy (non-hydrogen) atoms. The monoisotopic (exact) mass is 140 g/mol. The van der Waals surface area contributed by atoms with E-state index in [-0.39, 0.29) is 0 Å². The van der Waals surface area contributed by atoms with E-state index < -0.39 is 0 Å². The van der Waals surface area contributed by atoms with Crippen molar-refractivity contribution in [2.24, 2.45) is 11.8 Å². The summed E-state index contributed by atoms with van der Waals surface area (Å²) in [5.41, 5.74) is 0. The summed E-state index contributed by atoms with van der Waals surface area (Å²) in [5, 5.41) is 0. The first kappa shape index (κ1) is 7.32. The number of hydrogen-bond acceptors (Lipinski definition) is 2. The fourth-order valence-electron chi connectivity index (χ4n) is 1.08. The number of rotatable bonds is 4. The summed E-state index contributed by atoms with van der Waals surface area (Å²) in [6.45, 7) is 0. The second kappa shape index (κ2) is 3.40. The van der Waals surface area contributed by atoms with E-state index in [9.17, 15) is 4.79 Å². The largest absolute Gasteiger partial charge is 0.505 e. The lowest BCUT2D eigenvalue weighted by Gasteiger charge is -1.86. The van der Waals surface area contributed by atoms with Gasteiger partial charge in [0.2, 0.25) is 0 Å². The van der Waals surface area contributed by atoms with E-state index in [1.807, 2.05) is 6.08 Å². The highest BCUT2D eigenvalue weighted by molar-refractivity contribution is 5.50. The molecular weight excluding hydrogens is 128 g/mol. The zero-order valence-electron chi connectivity index (χ0n) is 6.12. The van der Waals surface area contributed by atoms with Crippen LogP contribution in [-0.4, -0.2) is 13.4 Å². The summed E-state index contributed by atoms with van der Waals surface area (Å²) in [6, 6.07) is 0. The van der Waals surface area contributed by atoms with Crippen LogP contribution in [0.25, 0.3) is 0 Å². The van der Waals surface area contributed by atoms with E-state index in [0.717, 1.165) is 12.7 Å². The average Bonchev–Trinajstić information content (AvgIpc) is 2.65. The minimum atomic E-state index is 0.601. The summed E-state index contributed by atoms with van der Waals surface area (Å²) in [7, 11) is 1.63. The molecule has 1 rings (SSSR count). The van der Waals surface area contributed by atoms with Crippen molar-refractivity contribution in [2.75, 3.05) is 7.11 Å². The van der Waals surface area contributed by atoms with Crippen molar-refractivity contribution in [1.29, 1.82) is 0 Å². The molecule has 0 aromatic rings. The van der Waals surface area contributed by atoms with Crippen LogP contribution in [0, 0.1) is 11.8 Å². The first-order valence-corrected chi connectivity index (χ1v) is 3.51. The van der Waals surface area contributed by atoms with Crippen LogP contribution in [0.1, 0.15) is 12.8 Å². The van der Waals surface area contributed by atoms with Crippen molar-refractivity contribution in [2.45, 2.75) is 12.8 Å². The van der Waals surface area contributed by atoms with Gasteiger partial charge in [-0.1, -0.05) is 0 Å². The molecule has 0 aromatic carbocycles. The van der Waals surface area contributed by atoms with Crippen LogP contribution < -0.4 is 0 Å². The predicted octanol–water partition coefficient (Wildman–Crippen LogP) is 1.37. The standard InChI is InChI=1S/C8H12O2/c1-10-5-3-8-6-7(8)2-4-9/h3-5,7-8H,2,6H2,1H3/b5-3+. The van der Waals surface area contributed by atoms with Gasteiger partial charge in [0.05, 0.1) is 13.4 Å². The van der Waals surface area contributed by atoms with Gasteiger partial charge in [0.15, 0.2) is 0 Å². The first-order valence-electron chi connectivity index (χ1n) is 3.51. The van der Waals surface area contributed by atoms with Crippen molar-refractivity contribution in [1.82, 2.24) is 0 Å². The highest BCUT2D eigenvalue weighted by Crippen LogP contribution is 2.41. The highest BCUT2D eigenvalue weighted by atomic mass is 16.5. The number of ether oxygens (including phenoxy) is 1. The Morgan fingerprint density at radius 3 is 3.10 bits per heavy atom. The Morgan fingerprint density at radius 2 is 2.50 bits per heavy atom. The maximum Gasteiger partial charge on any atom is 0.120 e. The van der Waals surface area contributed by atoms with Gasteiger partial charge < -0.3 is 9.53 Å². The molecule has 0 radical (unpaired) electrons. The van der Waals surface area contributed by atoms with Gasteiger partial charge in [0.1, 0.15) is 6.29 Å². The third kappa shape index (κ3) is 1.87. The van der Waals surface area contributed by atoms with E-state index in [0.29, 0.717) is 18.3 Å².